The number of aryl methyl sites for hydroxylation is 1. The number of hydrogen-bond donors (Lipinski definition) is 1. The Balaban J connectivity index is 1.82. The van der Waals surface area contributed by atoms with Crippen molar-refractivity contribution in [3.63, 3.8) is 0 Å². The van der Waals surface area contributed by atoms with Crippen LogP contribution in [0.4, 0.5) is 5.13 Å². The quantitative estimate of drug-likeness (QED) is 0.691. The smallest absolute Gasteiger partial charge is 0.257 e. The molecule has 0 unspecified atom stereocenters. The van der Waals surface area contributed by atoms with Crippen LogP contribution in [0.3, 0.4) is 0 Å². The van der Waals surface area contributed by atoms with Crippen LogP contribution >= 0.6 is 27.3 Å². The first-order valence-electron chi connectivity index (χ1n) is 6.73. The summed E-state index contributed by atoms with van der Waals surface area (Å²) in [4.78, 5) is 17.8. The lowest BCUT2D eigenvalue weighted by Gasteiger charge is -2.01. The van der Waals surface area contributed by atoms with Gasteiger partial charge in [0.1, 0.15) is 0 Å². The van der Waals surface area contributed by atoms with E-state index in [9.17, 15) is 4.79 Å². The molecule has 2 aromatic carbocycles. The third-order valence-corrected chi connectivity index (χ3v) is 4.59. The highest BCUT2D eigenvalue weighted by Gasteiger charge is 2.12. The minimum absolute atomic E-state index is 0.152. The molecule has 0 atom stereocenters. The van der Waals surface area contributed by atoms with E-state index in [4.69, 9.17) is 0 Å². The third kappa shape index (κ3) is 3.26. The molecule has 0 bridgehead atoms. The Morgan fingerprint density at radius 3 is 2.45 bits per heavy atom. The summed E-state index contributed by atoms with van der Waals surface area (Å²) in [5.41, 5.74) is 2.58. The second-order valence-corrected chi connectivity index (χ2v) is 6.87. The number of hydrogen-bond acceptors (Lipinski definition) is 3. The standard InChI is InChI=1S/C17H13BrN2OS/c1-11-15(12-5-3-2-4-6-12)19-17(22-11)20-16(21)13-7-9-14(18)10-8-13/h2-10H,1H3,(H,19,20,21). The van der Waals surface area contributed by atoms with Gasteiger partial charge in [0.05, 0.1) is 5.69 Å². The molecule has 0 saturated carbocycles. The van der Waals surface area contributed by atoms with Gasteiger partial charge >= 0.3 is 0 Å². The zero-order valence-corrected chi connectivity index (χ0v) is 14.2. The van der Waals surface area contributed by atoms with Gasteiger partial charge in [-0.1, -0.05) is 46.3 Å². The molecule has 1 amide bonds. The fourth-order valence-electron chi connectivity index (χ4n) is 2.08. The van der Waals surface area contributed by atoms with Crippen LogP contribution < -0.4 is 5.32 Å². The Labute approximate surface area is 141 Å². The van der Waals surface area contributed by atoms with Crippen LogP contribution in [0.15, 0.2) is 59.1 Å². The van der Waals surface area contributed by atoms with Crippen molar-refractivity contribution < 1.29 is 4.79 Å². The Hall–Kier alpha value is -1.98. The summed E-state index contributed by atoms with van der Waals surface area (Å²) in [6, 6.07) is 17.2. The maximum absolute atomic E-state index is 12.2. The van der Waals surface area contributed by atoms with Crippen LogP contribution in [-0.2, 0) is 0 Å². The number of rotatable bonds is 3. The fourth-order valence-corrected chi connectivity index (χ4v) is 3.18. The van der Waals surface area contributed by atoms with Crippen LogP contribution in [0.5, 0.6) is 0 Å². The molecule has 3 aromatic rings. The highest BCUT2D eigenvalue weighted by molar-refractivity contribution is 9.10. The first-order valence-corrected chi connectivity index (χ1v) is 8.34. The Morgan fingerprint density at radius 2 is 1.77 bits per heavy atom. The lowest BCUT2D eigenvalue weighted by molar-refractivity contribution is 0.102. The van der Waals surface area contributed by atoms with Crippen molar-refractivity contribution in [2.24, 2.45) is 0 Å². The number of thiazole rings is 1. The van der Waals surface area contributed by atoms with Crippen molar-refractivity contribution in [3.05, 3.63) is 69.5 Å². The monoisotopic (exact) mass is 372 g/mol. The molecule has 110 valence electrons. The van der Waals surface area contributed by atoms with Crippen LogP contribution in [0.25, 0.3) is 11.3 Å². The molecule has 3 rings (SSSR count). The van der Waals surface area contributed by atoms with E-state index in [1.165, 1.54) is 11.3 Å². The SMILES string of the molecule is Cc1sc(NC(=O)c2ccc(Br)cc2)nc1-c1ccccc1. The molecule has 1 aromatic heterocycles. The molecular formula is C17H13BrN2OS. The number of nitrogens with zero attached hydrogens (tertiary/aromatic N) is 1. The van der Waals surface area contributed by atoms with E-state index in [1.54, 1.807) is 12.1 Å². The van der Waals surface area contributed by atoms with Gasteiger partial charge in [0.2, 0.25) is 0 Å². The molecule has 0 aliphatic heterocycles. The van der Waals surface area contributed by atoms with Crippen LogP contribution in [0, 0.1) is 6.92 Å². The zero-order chi connectivity index (χ0) is 15.5. The lowest BCUT2D eigenvalue weighted by Crippen LogP contribution is -2.11. The van der Waals surface area contributed by atoms with Gasteiger partial charge in [-0.2, -0.15) is 0 Å². The summed E-state index contributed by atoms with van der Waals surface area (Å²) in [5, 5.41) is 3.48. The third-order valence-electron chi connectivity index (χ3n) is 3.17. The van der Waals surface area contributed by atoms with Gasteiger partial charge in [-0.05, 0) is 31.2 Å². The number of nitrogens with one attached hydrogen (secondary N) is 1. The topological polar surface area (TPSA) is 42.0 Å². The minimum atomic E-state index is -0.152. The van der Waals surface area contributed by atoms with E-state index in [1.807, 2.05) is 49.4 Å². The van der Waals surface area contributed by atoms with E-state index in [0.717, 1.165) is 20.6 Å². The number of amides is 1. The molecule has 1 heterocycles. The maximum atomic E-state index is 12.2. The van der Waals surface area contributed by atoms with Gasteiger partial charge < -0.3 is 0 Å². The van der Waals surface area contributed by atoms with Crippen LogP contribution in [-0.4, -0.2) is 10.9 Å². The largest absolute Gasteiger partial charge is 0.298 e. The summed E-state index contributed by atoms with van der Waals surface area (Å²) in [6.45, 7) is 2.01. The average molecular weight is 373 g/mol. The molecule has 3 nitrogen and oxygen atoms in total. The Kier molecular flexibility index (Phi) is 4.36. The number of carbonyl (C=O) groups excluding carboxylic acids is 1. The molecule has 0 aliphatic rings. The van der Waals surface area contributed by atoms with Crippen molar-refractivity contribution in [2.75, 3.05) is 5.32 Å². The van der Waals surface area contributed by atoms with E-state index < -0.39 is 0 Å². The van der Waals surface area contributed by atoms with E-state index in [-0.39, 0.29) is 5.91 Å². The van der Waals surface area contributed by atoms with Gasteiger partial charge in [-0.25, -0.2) is 4.98 Å². The number of benzene rings is 2. The van der Waals surface area contributed by atoms with Gasteiger partial charge in [-0.3, -0.25) is 10.1 Å². The van der Waals surface area contributed by atoms with E-state index in [0.29, 0.717) is 10.7 Å². The minimum Gasteiger partial charge on any atom is -0.298 e. The first-order chi connectivity index (χ1) is 10.6. The van der Waals surface area contributed by atoms with Crippen molar-refractivity contribution in [2.45, 2.75) is 6.92 Å². The Bertz CT molecular complexity index is 797. The van der Waals surface area contributed by atoms with Gasteiger partial charge in [0.15, 0.2) is 5.13 Å². The van der Waals surface area contributed by atoms with Crippen LogP contribution in [0.1, 0.15) is 15.2 Å². The number of aromatic nitrogens is 1. The second kappa shape index (κ2) is 6.42. The fraction of sp³-hybridized carbons (Fsp3) is 0.0588. The number of halogens is 1. The van der Waals surface area contributed by atoms with Gasteiger partial charge in [-0.15, -0.1) is 11.3 Å². The first kappa shape index (κ1) is 14.9. The van der Waals surface area contributed by atoms with Crippen LogP contribution in [0.2, 0.25) is 0 Å². The lowest BCUT2D eigenvalue weighted by atomic mass is 10.1. The van der Waals surface area contributed by atoms with Crippen molar-refractivity contribution in [1.82, 2.24) is 4.98 Å². The van der Waals surface area contributed by atoms with Crippen molar-refractivity contribution >= 4 is 38.3 Å². The molecule has 0 radical (unpaired) electrons. The Morgan fingerprint density at radius 1 is 1.09 bits per heavy atom. The summed E-state index contributed by atoms with van der Waals surface area (Å²) in [5.74, 6) is -0.152. The molecule has 0 fully saturated rings. The summed E-state index contributed by atoms with van der Waals surface area (Å²) >= 11 is 4.84. The summed E-state index contributed by atoms with van der Waals surface area (Å²) in [6.07, 6.45) is 0. The predicted octanol–water partition coefficient (Wildman–Crippen LogP) is 5.13. The average Bonchev–Trinajstić information content (AvgIpc) is 2.89. The molecule has 5 heteroatoms. The van der Waals surface area contributed by atoms with Crippen molar-refractivity contribution in [1.29, 1.82) is 0 Å². The predicted molar refractivity (Wildman–Crippen MR) is 94.4 cm³/mol. The zero-order valence-electron chi connectivity index (χ0n) is 11.8. The summed E-state index contributed by atoms with van der Waals surface area (Å²) in [7, 11) is 0. The number of anilines is 1. The summed E-state index contributed by atoms with van der Waals surface area (Å²) < 4.78 is 0.945. The number of carbonyl (C=O) groups is 1. The molecule has 1 N–H and O–H groups in total. The molecule has 22 heavy (non-hydrogen) atoms. The second-order valence-electron chi connectivity index (χ2n) is 4.75. The van der Waals surface area contributed by atoms with Crippen molar-refractivity contribution in [3.8, 4) is 11.3 Å². The van der Waals surface area contributed by atoms with E-state index >= 15 is 0 Å². The van der Waals surface area contributed by atoms with Gasteiger partial charge in [0, 0.05) is 20.5 Å². The van der Waals surface area contributed by atoms with E-state index in [2.05, 4.69) is 26.2 Å². The molecule has 0 aliphatic carbocycles. The normalized spacial score (nSPS) is 10.5. The maximum Gasteiger partial charge on any atom is 0.257 e. The molecule has 0 spiro atoms. The highest BCUT2D eigenvalue weighted by Crippen LogP contribution is 2.30. The molecular weight excluding hydrogens is 360 g/mol. The molecule has 0 saturated heterocycles. The highest BCUT2D eigenvalue weighted by atomic mass is 79.9. The van der Waals surface area contributed by atoms with Gasteiger partial charge in [0.25, 0.3) is 5.91 Å².